The molecule has 34 heteroatoms. The standard InChI is InChI=1S/C47H84N14O19S/c1-21(2)15-28(56-42(75)31(19-63)58-37(70)25(48)12-14-81-7)40(73)61-36(24(6)66)45(78)55-27(10-11-34(68)69)39(72)54-26(9-8-13-51-47(49)50)38(71)59-32(20-64)43(76)60-35(23(5)65)44(77)52-17-33(67)53-30(18-62)41(74)57-29(46(79)80)16-22(3)4/h21-32,35-36,62-66H,8-20,48H2,1-7H3,(H,52,77)(H,53,67)(H,54,72)(H,55,78)(H,56,75)(H,57,74)(H,58,70)(H,59,71)(H,60,76)(H,61,73)(H,68,69)(H,79,80)(H4,49,50,51)/t23-,24-,25+,26+,27+,28+,29+,30+,31+,32+,35+,36+/m1/s1. The van der Waals surface area contributed by atoms with Gasteiger partial charge in [-0.1, -0.05) is 27.7 Å². The number of guanidine groups is 1. The van der Waals surface area contributed by atoms with Gasteiger partial charge in [-0.05, 0) is 76.2 Å². The SMILES string of the molecule is CSCC[C@H](N)C(=O)N[C@@H](CO)C(=O)N[C@@H](CC(C)C)C(=O)N[C@H](C(=O)N[C@@H](CCC(=O)O)C(=O)N[C@@H](CCCN=C(N)N)C(=O)N[C@@H](CO)C(=O)N[C@H](C(=O)NCC(=O)N[C@@H](CO)C(=O)N[C@@H](CC(C)C)C(=O)O)[C@@H](C)O)[C@@H](C)O. The third-order valence-corrected chi connectivity index (χ3v) is 12.1. The summed E-state index contributed by atoms with van der Waals surface area (Å²) >= 11 is 1.43. The van der Waals surface area contributed by atoms with Crippen LogP contribution in [0.1, 0.15) is 86.5 Å². The van der Waals surface area contributed by atoms with E-state index in [1.807, 2.05) is 0 Å². The Kier molecular flexibility index (Phi) is 35.3. The number of aliphatic carboxylic acids is 2. The van der Waals surface area contributed by atoms with E-state index in [0.29, 0.717) is 5.75 Å². The predicted molar refractivity (Wildman–Crippen MR) is 289 cm³/mol. The van der Waals surface area contributed by atoms with Crippen molar-refractivity contribution < 1.29 is 93.3 Å². The van der Waals surface area contributed by atoms with Crippen LogP contribution in [0.15, 0.2) is 4.99 Å². The molecule has 0 heterocycles. The van der Waals surface area contributed by atoms with E-state index in [1.165, 1.54) is 11.8 Å². The van der Waals surface area contributed by atoms with Crippen molar-refractivity contribution >= 4 is 88.7 Å². The van der Waals surface area contributed by atoms with Gasteiger partial charge < -0.3 is 106 Å². The number of hydrogen-bond donors (Lipinski definition) is 20. The number of nitrogens with two attached hydrogens (primary N) is 3. The second-order valence-corrected chi connectivity index (χ2v) is 20.6. The number of carboxylic acids is 2. The van der Waals surface area contributed by atoms with Gasteiger partial charge in [0.1, 0.15) is 54.4 Å². The van der Waals surface area contributed by atoms with Crippen molar-refractivity contribution in [3.05, 3.63) is 0 Å². The number of nitrogens with one attached hydrogen (secondary N) is 10. The molecule has 0 aliphatic heterocycles. The minimum Gasteiger partial charge on any atom is -0.481 e. The average molecular weight is 1180 g/mol. The van der Waals surface area contributed by atoms with E-state index in [1.54, 1.807) is 34.0 Å². The van der Waals surface area contributed by atoms with E-state index in [0.717, 1.165) is 13.8 Å². The van der Waals surface area contributed by atoms with Gasteiger partial charge in [0.2, 0.25) is 59.1 Å². The molecule has 81 heavy (non-hydrogen) atoms. The highest BCUT2D eigenvalue weighted by Gasteiger charge is 2.37. The fraction of sp³-hybridized carbons (Fsp3) is 0.723. The monoisotopic (exact) mass is 1180 g/mol. The zero-order valence-corrected chi connectivity index (χ0v) is 47.2. The Balaban J connectivity index is 6.48. The second-order valence-electron chi connectivity index (χ2n) is 19.6. The number of carboxylic acid groups (broad SMARTS) is 2. The number of carbonyl (C=O) groups excluding carboxylic acids is 10. The summed E-state index contributed by atoms with van der Waals surface area (Å²) in [7, 11) is 0. The molecule has 33 nitrogen and oxygen atoms in total. The largest absolute Gasteiger partial charge is 0.481 e. The minimum atomic E-state index is -1.94. The van der Waals surface area contributed by atoms with Crippen molar-refractivity contribution in [2.24, 2.45) is 34.0 Å². The van der Waals surface area contributed by atoms with Crippen molar-refractivity contribution in [2.75, 3.05) is 44.9 Å². The molecule has 0 aromatic carbocycles. The third kappa shape index (κ3) is 29.4. The van der Waals surface area contributed by atoms with Gasteiger partial charge in [0, 0.05) is 13.0 Å². The third-order valence-electron chi connectivity index (χ3n) is 11.5. The molecular formula is C47H84N14O19S. The number of thioether (sulfide) groups is 1. The zero-order valence-electron chi connectivity index (χ0n) is 46.4. The molecule has 0 saturated heterocycles. The number of carbonyl (C=O) groups is 12. The van der Waals surface area contributed by atoms with Gasteiger partial charge in [0.05, 0.1) is 44.6 Å². The average Bonchev–Trinajstić information content (AvgIpc) is 3.38. The molecule has 0 unspecified atom stereocenters. The lowest BCUT2D eigenvalue weighted by Crippen LogP contribution is -2.62. The molecule has 0 radical (unpaired) electrons. The van der Waals surface area contributed by atoms with Crippen molar-refractivity contribution in [3.8, 4) is 0 Å². The summed E-state index contributed by atoms with van der Waals surface area (Å²) in [5, 5.41) is 92.2. The highest BCUT2D eigenvalue weighted by molar-refractivity contribution is 7.98. The van der Waals surface area contributed by atoms with Crippen LogP contribution in [0, 0.1) is 11.8 Å². The van der Waals surface area contributed by atoms with Crippen LogP contribution in [-0.4, -0.2) is 230 Å². The van der Waals surface area contributed by atoms with Gasteiger partial charge in [0.15, 0.2) is 5.96 Å². The van der Waals surface area contributed by atoms with Crippen LogP contribution in [0.2, 0.25) is 0 Å². The molecule has 0 bridgehead atoms. The summed E-state index contributed by atoms with van der Waals surface area (Å²) in [6.07, 6.45) is -3.29. The van der Waals surface area contributed by atoms with Gasteiger partial charge in [-0.15, -0.1) is 0 Å². The van der Waals surface area contributed by atoms with Crippen LogP contribution in [0.4, 0.5) is 0 Å². The Hall–Kier alpha value is -6.98. The molecule has 0 aliphatic rings. The fourth-order valence-corrected chi connectivity index (χ4v) is 7.62. The van der Waals surface area contributed by atoms with Gasteiger partial charge >= 0.3 is 11.9 Å². The summed E-state index contributed by atoms with van der Waals surface area (Å²) in [5.74, 6) is -14.2. The lowest BCUT2D eigenvalue weighted by molar-refractivity contribution is -0.143. The van der Waals surface area contributed by atoms with Crippen molar-refractivity contribution in [1.29, 1.82) is 0 Å². The van der Waals surface area contributed by atoms with E-state index in [4.69, 9.17) is 17.2 Å². The molecule has 0 fully saturated rings. The van der Waals surface area contributed by atoms with E-state index in [9.17, 15) is 93.3 Å². The van der Waals surface area contributed by atoms with E-state index in [-0.39, 0.29) is 56.4 Å². The van der Waals surface area contributed by atoms with Crippen LogP contribution < -0.4 is 70.4 Å². The molecule has 0 spiro atoms. The smallest absolute Gasteiger partial charge is 0.326 e. The summed E-state index contributed by atoms with van der Waals surface area (Å²) in [4.78, 5) is 160. The first-order valence-corrected chi connectivity index (χ1v) is 27.2. The van der Waals surface area contributed by atoms with Crippen molar-refractivity contribution in [1.82, 2.24) is 53.2 Å². The van der Waals surface area contributed by atoms with Gasteiger partial charge in [0.25, 0.3) is 0 Å². The molecule has 0 saturated carbocycles. The molecule has 0 aromatic rings. The van der Waals surface area contributed by atoms with Gasteiger partial charge in [-0.2, -0.15) is 11.8 Å². The molecule has 23 N–H and O–H groups in total. The number of aliphatic imine (C=N–C) groups is 1. The summed E-state index contributed by atoms with van der Waals surface area (Å²) in [6, 6.07) is -16.3. The molecule has 12 atom stereocenters. The number of aliphatic hydroxyl groups excluding tert-OH is 5. The molecule has 10 amide bonds. The number of nitrogens with zero attached hydrogens (tertiary/aromatic N) is 1. The second kappa shape index (κ2) is 38.6. The number of hydrogen-bond acceptors (Lipinski definition) is 20. The first-order chi connectivity index (χ1) is 37.8. The Labute approximate surface area is 472 Å². The van der Waals surface area contributed by atoms with E-state index >= 15 is 0 Å². The Morgan fingerprint density at radius 3 is 1.35 bits per heavy atom. The number of aliphatic hydroxyl groups is 5. The molecular weight excluding hydrogens is 1100 g/mol. The Morgan fingerprint density at radius 2 is 0.889 bits per heavy atom. The lowest BCUT2D eigenvalue weighted by Gasteiger charge is -2.29. The lowest BCUT2D eigenvalue weighted by atomic mass is 10.0. The maximum absolute atomic E-state index is 14.0. The van der Waals surface area contributed by atoms with Crippen LogP contribution >= 0.6 is 11.8 Å². The maximum Gasteiger partial charge on any atom is 0.326 e. The molecule has 0 aromatic heterocycles. The van der Waals surface area contributed by atoms with Crippen molar-refractivity contribution in [3.63, 3.8) is 0 Å². The number of amides is 10. The summed E-state index contributed by atoms with van der Waals surface area (Å²) in [6.45, 7) is 4.80. The molecule has 462 valence electrons. The molecule has 0 rings (SSSR count). The quantitative estimate of drug-likeness (QED) is 0.0154. The first kappa shape index (κ1) is 74.0. The van der Waals surface area contributed by atoms with Crippen LogP contribution in [0.5, 0.6) is 0 Å². The van der Waals surface area contributed by atoms with Crippen LogP contribution in [0.3, 0.4) is 0 Å². The topological polar surface area (TPSA) is 557 Å². The Morgan fingerprint density at radius 1 is 0.494 bits per heavy atom. The van der Waals surface area contributed by atoms with E-state index in [2.05, 4.69) is 58.2 Å². The predicted octanol–water partition coefficient (Wildman–Crippen LogP) is -8.62. The minimum absolute atomic E-state index is 0.0210. The number of rotatable bonds is 40. The van der Waals surface area contributed by atoms with Crippen molar-refractivity contribution in [2.45, 2.75) is 159 Å². The summed E-state index contributed by atoms with van der Waals surface area (Å²) < 4.78 is 0. The van der Waals surface area contributed by atoms with Gasteiger partial charge in [-0.25, -0.2) is 4.79 Å². The normalized spacial score (nSPS) is 15.6. The van der Waals surface area contributed by atoms with Gasteiger partial charge in [-0.3, -0.25) is 57.7 Å². The van der Waals surface area contributed by atoms with E-state index < -0.39 is 183 Å². The maximum atomic E-state index is 14.0. The first-order valence-electron chi connectivity index (χ1n) is 25.8. The molecule has 0 aliphatic carbocycles. The highest BCUT2D eigenvalue weighted by Crippen LogP contribution is 2.10. The Bertz CT molecular complexity index is 2150. The van der Waals surface area contributed by atoms with Crippen LogP contribution in [0.25, 0.3) is 0 Å². The fourth-order valence-electron chi connectivity index (χ4n) is 7.13. The zero-order chi connectivity index (χ0) is 62.3. The highest BCUT2D eigenvalue weighted by atomic mass is 32.2. The van der Waals surface area contributed by atoms with Crippen LogP contribution in [-0.2, 0) is 57.5 Å². The summed E-state index contributed by atoms with van der Waals surface area (Å²) in [5.41, 5.74) is 16.7.